The average molecular weight is 698 g/mol. The van der Waals surface area contributed by atoms with Gasteiger partial charge in [-0.15, -0.1) is 18.2 Å². The van der Waals surface area contributed by atoms with E-state index in [1.54, 1.807) is 0 Å². The number of benzene rings is 3. The summed E-state index contributed by atoms with van der Waals surface area (Å²) in [5, 5.41) is 0. The second-order valence-electron chi connectivity index (χ2n) is 5.08. The van der Waals surface area contributed by atoms with E-state index in [4.69, 9.17) is 0 Å². The Balaban J connectivity index is 0.000000473. The van der Waals surface area contributed by atoms with Crippen molar-refractivity contribution in [3.05, 3.63) is 105 Å². The second-order valence-corrected chi connectivity index (χ2v) is 5.08. The molecule has 0 amide bonds. The Morgan fingerprint density at radius 3 is 0.471 bits per heavy atom. The van der Waals surface area contributed by atoms with Crippen molar-refractivity contribution in [1.82, 2.24) is 0 Å². The monoisotopic (exact) mass is 698 g/mol. The fraction of sp³-hybridized carbons (Fsp3) is 0. The molecule has 0 nitrogen and oxygen atoms in total. The van der Waals surface area contributed by atoms with Crippen LogP contribution in [0.5, 0.6) is 0 Å². The molecular formula is C18AuF15. The van der Waals surface area contributed by atoms with Crippen molar-refractivity contribution in [2.75, 3.05) is 0 Å². The van der Waals surface area contributed by atoms with E-state index < -0.39 is 87.3 Å². The minimum atomic E-state index is -2.17. The molecule has 0 aromatic heterocycles. The summed E-state index contributed by atoms with van der Waals surface area (Å²) < 4.78 is 180. The molecule has 34 heavy (non-hydrogen) atoms. The Morgan fingerprint density at radius 1 is 0.235 bits per heavy atom. The Bertz CT molecular complexity index is 955. The average Bonchev–Trinajstić information content (AvgIpc) is 2.77. The quantitative estimate of drug-likeness (QED) is 0.0823. The van der Waals surface area contributed by atoms with Crippen LogP contribution in [-0.4, -0.2) is 0 Å². The van der Waals surface area contributed by atoms with Gasteiger partial charge in [0.2, 0.25) is 0 Å². The van der Waals surface area contributed by atoms with Crippen molar-refractivity contribution in [3.63, 3.8) is 0 Å². The first-order valence-electron chi connectivity index (χ1n) is 7.33. The Kier molecular flexibility index (Phi) is 11.7. The summed E-state index contributed by atoms with van der Waals surface area (Å²) >= 11 is 0. The third-order valence-electron chi connectivity index (χ3n) is 2.97. The van der Waals surface area contributed by atoms with Crippen LogP contribution in [0.3, 0.4) is 0 Å². The maximum atomic E-state index is 12.0. The maximum Gasteiger partial charge on any atom is 3.00 e. The fourth-order valence-corrected chi connectivity index (χ4v) is 1.49. The van der Waals surface area contributed by atoms with Crippen LogP contribution in [0.2, 0.25) is 0 Å². The van der Waals surface area contributed by atoms with Gasteiger partial charge < -0.3 is 0 Å². The van der Waals surface area contributed by atoms with Gasteiger partial charge in [0.15, 0.2) is 0 Å². The number of halogens is 15. The molecule has 0 spiro atoms. The number of hydrogen-bond donors (Lipinski definition) is 0. The van der Waals surface area contributed by atoms with Crippen LogP contribution >= 0.6 is 0 Å². The summed E-state index contributed by atoms with van der Waals surface area (Å²) in [5.74, 6) is -30.1. The van der Waals surface area contributed by atoms with Gasteiger partial charge in [0, 0.05) is 0 Å². The Morgan fingerprint density at radius 2 is 0.353 bits per heavy atom. The molecule has 0 aliphatic heterocycles. The summed E-state index contributed by atoms with van der Waals surface area (Å²) in [7, 11) is 0. The number of rotatable bonds is 0. The molecule has 3 aromatic carbocycles. The molecule has 0 aliphatic carbocycles. The van der Waals surface area contributed by atoms with E-state index in [0.29, 0.717) is 0 Å². The molecule has 0 fully saturated rings. The van der Waals surface area contributed by atoms with Gasteiger partial charge in [-0.25, -0.2) is 39.5 Å². The van der Waals surface area contributed by atoms with Gasteiger partial charge >= 0.3 is 22.4 Å². The summed E-state index contributed by atoms with van der Waals surface area (Å²) in [4.78, 5) is 0. The van der Waals surface area contributed by atoms with E-state index in [-0.39, 0.29) is 22.4 Å². The summed E-state index contributed by atoms with van der Waals surface area (Å²) in [6, 6.07) is 3.07. The minimum absolute atomic E-state index is 0. The van der Waals surface area contributed by atoms with Crippen LogP contribution < -0.4 is 0 Å². The van der Waals surface area contributed by atoms with Crippen LogP contribution in [0.4, 0.5) is 65.9 Å². The molecule has 188 valence electrons. The summed E-state index contributed by atoms with van der Waals surface area (Å²) in [6.07, 6.45) is 0. The van der Waals surface area contributed by atoms with Crippen molar-refractivity contribution in [2.24, 2.45) is 0 Å². The predicted molar refractivity (Wildman–Crippen MR) is 75.2 cm³/mol. The zero-order chi connectivity index (χ0) is 25.8. The Labute approximate surface area is 194 Å². The van der Waals surface area contributed by atoms with Crippen molar-refractivity contribution in [1.29, 1.82) is 0 Å². The molecule has 0 unspecified atom stereocenters. The normalized spacial score (nSPS) is 9.97. The zero-order valence-electron chi connectivity index (χ0n) is 15.0. The standard InChI is InChI=1S/3C6F5.Au/c3*7-2-1-3(8)5(10)6(11)4(2)9;/q3*-1;+3. The van der Waals surface area contributed by atoms with Crippen LogP contribution in [0.25, 0.3) is 0 Å². The molecule has 0 atom stereocenters. The van der Waals surface area contributed by atoms with E-state index in [9.17, 15) is 65.9 Å². The molecule has 0 heterocycles. The van der Waals surface area contributed by atoms with Crippen LogP contribution in [0.1, 0.15) is 0 Å². The summed E-state index contributed by atoms with van der Waals surface area (Å²) in [6.45, 7) is 0. The van der Waals surface area contributed by atoms with Gasteiger partial charge in [0.25, 0.3) is 0 Å². The van der Waals surface area contributed by atoms with Crippen molar-refractivity contribution in [2.45, 2.75) is 0 Å². The van der Waals surface area contributed by atoms with Gasteiger partial charge in [-0.05, 0) is 0 Å². The smallest absolute Gasteiger partial charge is 0.278 e. The largest absolute Gasteiger partial charge is 3.00 e. The molecule has 0 bridgehead atoms. The molecule has 0 aliphatic rings. The second kappa shape index (κ2) is 12.7. The van der Waals surface area contributed by atoms with Crippen molar-refractivity contribution >= 4 is 0 Å². The van der Waals surface area contributed by atoms with E-state index >= 15 is 0 Å². The van der Waals surface area contributed by atoms with Gasteiger partial charge in [-0.1, -0.05) is 0 Å². The predicted octanol–water partition coefficient (Wildman–Crippen LogP) is 6.54. The van der Waals surface area contributed by atoms with E-state index in [0.717, 1.165) is 18.2 Å². The molecule has 0 radical (unpaired) electrons. The van der Waals surface area contributed by atoms with Crippen LogP contribution in [0, 0.1) is 105 Å². The first-order chi connectivity index (χ1) is 15.1. The van der Waals surface area contributed by atoms with Crippen molar-refractivity contribution < 1.29 is 88.2 Å². The van der Waals surface area contributed by atoms with E-state index in [1.165, 1.54) is 0 Å². The molecule has 3 rings (SSSR count). The SMILES string of the molecule is Fc1[c-]c(F)c(F)c(F)c1F.Fc1[c-]c(F)c(F)c(F)c1F.Fc1[c-]c(F)c(F)c(F)c1F.[Au+3]. The van der Waals surface area contributed by atoms with E-state index in [2.05, 4.69) is 0 Å². The van der Waals surface area contributed by atoms with Gasteiger partial charge in [-0.3, -0.25) is 26.3 Å². The molecule has 16 heteroatoms. The zero-order valence-corrected chi connectivity index (χ0v) is 17.1. The Hall–Kier alpha value is -2.65. The molecule has 0 saturated heterocycles. The van der Waals surface area contributed by atoms with Gasteiger partial charge in [-0.2, -0.15) is 0 Å². The van der Waals surface area contributed by atoms with Crippen LogP contribution in [-0.2, 0) is 22.4 Å². The fourth-order valence-electron chi connectivity index (χ4n) is 1.49. The molecule has 0 saturated carbocycles. The molecule has 3 aromatic rings. The molecule has 0 N–H and O–H groups in total. The minimum Gasteiger partial charge on any atom is -0.278 e. The maximum absolute atomic E-state index is 12.0. The third-order valence-corrected chi connectivity index (χ3v) is 2.97. The summed E-state index contributed by atoms with van der Waals surface area (Å²) in [5.41, 5.74) is 0. The molecular weight excluding hydrogens is 698 g/mol. The van der Waals surface area contributed by atoms with Gasteiger partial charge in [0.1, 0.15) is 0 Å². The third kappa shape index (κ3) is 7.17. The topological polar surface area (TPSA) is 0 Å². The van der Waals surface area contributed by atoms with Crippen molar-refractivity contribution in [3.8, 4) is 0 Å². The van der Waals surface area contributed by atoms with E-state index in [1.807, 2.05) is 0 Å². The van der Waals surface area contributed by atoms with Gasteiger partial charge in [0.05, 0.1) is 87.3 Å². The number of hydrogen-bond acceptors (Lipinski definition) is 0. The van der Waals surface area contributed by atoms with Crippen LogP contribution in [0.15, 0.2) is 0 Å². The first-order valence-corrected chi connectivity index (χ1v) is 7.33. The first kappa shape index (κ1) is 31.4.